The molecule has 0 bridgehead atoms. The average molecular weight is 393 g/mol. The third-order valence-corrected chi connectivity index (χ3v) is 3.67. The van der Waals surface area contributed by atoms with Crippen molar-refractivity contribution in [1.29, 1.82) is 0 Å². The Bertz CT molecular complexity index is 609. The lowest BCUT2D eigenvalue weighted by Gasteiger charge is -2.32. The number of hydrogen-bond donors (Lipinski definition) is 1. The SMILES string of the molecule is CC(=O)NC(CC(=O)N(CC(C)(C)C)CC(F)(F)F)c1ccc(Cl)cc1. The first-order valence-electron chi connectivity index (χ1n) is 8.14. The molecular formula is C18H24ClF3N2O2. The zero-order chi connectivity index (χ0) is 20.1. The molecule has 146 valence electrons. The molecule has 1 rings (SSSR count). The van der Waals surface area contributed by atoms with E-state index in [-0.39, 0.29) is 18.9 Å². The Morgan fingerprint density at radius 2 is 1.65 bits per heavy atom. The smallest absolute Gasteiger partial charge is 0.349 e. The van der Waals surface area contributed by atoms with Gasteiger partial charge < -0.3 is 10.2 Å². The van der Waals surface area contributed by atoms with Gasteiger partial charge in [-0.3, -0.25) is 9.59 Å². The van der Waals surface area contributed by atoms with E-state index in [1.165, 1.54) is 6.92 Å². The standard InChI is InChI=1S/C18H24ClF3N2O2/c1-12(25)23-15(13-5-7-14(19)8-6-13)9-16(26)24(10-17(2,3)4)11-18(20,21)22/h5-8,15H,9-11H2,1-4H3,(H,23,25). The maximum atomic E-state index is 12.9. The van der Waals surface area contributed by atoms with Gasteiger partial charge in [0, 0.05) is 18.5 Å². The Kier molecular flexibility index (Phi) is 7.50. The normalized spacial score (nSPS) is 13.2. The number of carbonyl (C=O) groups is 2. The number of nitrogens with one attached hydrogen (secondary N) is 1. The van der Waals surface area contributed by atoms with Crippen LogP contribution in [-0.2, 0) is 9.59 Å². The third kappa shape index (κ3) is 8.56. The Morgan fingerprint density at radius 1 is 1.12 bits per heavy atom. The number of benzene rings is 1. The van der Waals surface area contributed by atoms with Crippen LogP contribution < -0.4 is 5.32 Å². The summed E-state index contributed by atoms with van der Waals surface area (Å²) in [6.45, 7) is 5.20. The van der Waals surface area contributed by atoms with Gasteiger partial charge in [-0.2, -0.15) is 13.2 Å². The lowest BCUT2D eigenvalue weighted by atomic mass is 9.95. The van der Waals surface area contributed by atoms with E-state index in [1.807, 2.05) is 0 Å². The zero-order valence-electron chi connectivity index (χ0n) is 15.3. The van der Waals surface area contributed by atoms with Gasteiger partial charge in [0.1, 0.15) is 6.54 Å². The molecule has 1 aromatic rings. The summed E-state index contributed by atoms with van der Waals surface area (Å²) in [5.41, 5.74) is 0.102. The first-order chi connectivity index (χ1) is 11.8. The molecule has 1 unspecified atom stereocenters. The van der Waals surface area contributed by atoms with Crippen LogP contribution in [-0.4, -0.2) is 36.0 Å². The van der Waals surface area contributed by atoms with E-state index >= 15 is 0 Å². The lowest BCUT2D eigenvalue weighted by molar-refractivity contribution is -0.163. The Morgan fingerprint density at radius 3 is 2.08 bits per heavy atom. The van der Waals surface area contributed by atoms with Crippen LogP contribution in [0.1, 0.15) is 45.7 Å². The molecule has 4 nitrogen and oxygen atoms in total. The second kappa shape index (κ2) is 8.75. The summed E-state index contributed by atoms with van der Waals surface area (Å²) in [6, 6.07) is 5.73. The van der Waals surface area contributed by atoms with E-state index in [0.29, 0.717) is 10.6 Å². The predicted octanol–water partition coefficient (Wildman–Crippen LogP) is 4.34. The van der Waals surface area contributed by atoms with Gasteiger partial charge in [0.25, 0.3) is 0 Å². The predicted molar refractivity (Wildman–Crippen MR) is 94.7 cm³/mol. The van der Waals surface area contributed by atoms with E-state index in [1.54, 1.807) is 45.0 Å². The topological polar surface area (TPSA) is 49.4 Å². The third-order valence-electron chi connectivity index (χ3n) is 3.42. The molecule has 2 amide bonds. The monoisotopic (exact) mass is 392 g/mol. The maximum Gasteiger partial charge on any atom is 0.406 e. The van der Waals surface area contributed by atoms with Crippen LogP contribution >= 0.6 is 11.6 Å². The fourth-order valence-electron chi connectivity index (χ4n) is 2.52. The molecule has 0 aliphatic rings. The van der Waals surface area contributed by atoms with E-state index in [9.17, 15) is 22.8 Å². The molecule has 0 heterocycles. The molecule has 1 atom stereocenters. The molecule has 0 aliphatic carbocycles. The summed E-state index contributed by atoms with van der Waals surface area (Å²) in [5.74, 6) is -1.05. The number of halogens is 4. The van der Waals surface area contributed by atoms with E-state index in [2.05, 4.69) is 5.32 Å². The van der Waals surface area contributed by atoms with Crippen molar-refractivity contribution in [2.24, 2.45) is 5.41 Å². The summed E-state index contributed by atoms with van der Waals surface area (Å²) in [7, 11) is 0. The molecule has 0 radical (unpaired) electrons. The fraction of sp³-hybridized carbons (Fsp3) is 0.556. The average Bonchev–Trinajstić information content (AvgIpc) is 2.43. The Balaban J connectivity index is 3.02. The number of hydrogen-bond acceptors (Lipinski definition) is 2. The van der Waals surface area contributed by atoms with E-state index < -0.39 is 30.1 Å². The van der Waals surface area contributed by atoms with Crippen molar-refractivity contribution in [3.63, 3.8) is 0 Å². The molecule has 8 heteroatoms. The van der Waals surface area contributed by atoms with Gasteiger partial charge in [0.15, 0.2) is 0 Å². The first-order valence-corrected chi connectivity index (χ1v) is 8.52. The molecule has 0 aromatic heterocycles. The summed E-state index contributed by atoms with van der Waals surface area (Å²) in [5, 5.41) is 3.10. The molecule has 26 heavy (non-hydrogen) atoms. The Hall–Kier alpha value is -1.76. The summed E-state index contributed by atoms with van der Waals surface area (Å²) >= 11 is 5.84. The van der Waals surface area contributed by atoms with Crippen molar-refractivity contribution in [2.45, 2.75) is 46.3 Å². The van der Waals surface area contributed by atoms with Gasteiger partial charge in [0.05, 0.1) is 12.5 Å². The van der Waals surface area contributed by atoms with Crippen LogP contribution in [0.5, 0.6) is 0 Å². The first kappa shape index (κ1) is 22.3. The number of nitrogens with zero attached hydrogens (tertiary/aromatic N) is 1. The number of carbonyl (C=O) groups excluding carboxylic acids is 2. The molecular weight excluding hydrogens is 369 g/mol. The van der Waals surface area contributed by atoms with Crippen LogP contribution in [0.2, 0.25) is 5.02 Å². The van der Waals surface area contributed by atoms with Gasteiger partial charge in [-0.15, -0.1) is 0 Å². The van der Waals surface area contributed by atoms with Crippen molar-refractivity contribution >= 4 is 23.4 Å². The second-order valence-electron chi connectivity index (χ2n) is 7.43. The highest BCUT2D eigenvalue weighted by Gasteiger charge is 2.35. The highest BCUT2D eigenvalue weighted by molar-refractivity contribution is 6.30. The molecule has 0 saturated carbocycles. The molecule has 0 spiro atoms. The maximum absolute atomic E-state index is 12.9. The fourth-order valence-corrected chi connectivity index (χ4v) is 2.64. The lowest BCUT2D eigenvalue weighted by Crippen LogP contribution is -2.44. The Labute approximate surface area is 156 Å². The van der Waals surface area contributed by atoms with Crippen molar-refractivity contribution in [3.05, 3.63) is 34.9 Å². The van der Waals surface area contributed by atoms with E-state index in [0.717, 1.165) is 4.90 Å². The van der Waals surface area contributed by atoms with Gasteiger partial charge in [-0.05, 0) is 23.1 Å². The second-order valence-corrected chi connectivity index (χ2v) is 7.87. The van der Waals surface area contributed by atoms with Gasteiger partial charge in [-0.1, -0.05) is 44.5 Å². The van der Waals surface area contributed by atoms with Gasteiger partial charge in [-0.25, -0.2) is 0 Å². The van der Waals surface area contributed by atoms with Crippen molar-refractivity contribution in [2.75, 3.05) is 13.1 Å². The molecule has 1 N–H and O–H groups in total. The quantitative estimate of drug-likeness (QED) is 0.782. The molecule has 1 aromatic carbocycles. The number of amides is 2. The minimum atomic E-state index is -4.50. The van der Waals surface area contributed by atoms with Crippen molar-refractivity contribution in [3.8, 4) is 0 Å². The molecule has 0 saturated heterocycles. The van der Waals surface area contributed by atoms with Crippen LogP contribution in [0.15, 0.2) is 24.3 Å². The minimum Gasteiger partial charge on any atom is -0.349 e. The van der Waals surface area contributed by atoms with Crippen LogP contribution in [0.4, 0.5) is 13.2 Å². The largest absolute Gasteiger partial charge is 0.406 e. The summed E-state index contributed by atoms with van der Waals surface area (Å²) in [6.07, 6.45) is -4.77. The van der Waals surface area contributed by atoms with Crippen LogP contribution in [0, 0.1) is 5.41 Å². The van der Waals surface area contributed by atoms with Crippen molar-refractivity contribution < 1.29 is 22.8 Å². The summed E-state index contributed by atoms with van der Waals surface area (Å²) in [4.78, 5) is 24.8. The highest BCUT2D eigenvalue weighted by atomic mass is 35.5. The zero-order valence-corrected chi connectivity index (χ0v) is 16.0. The highest BCUT2D eigenvalue weighted by Crippen LogP contribution is 2.25. The molecule has 0 fully saturated rings. The van der Waals surface area contributed by atoms with Gasteiger partial charge in [0.2, 0.25) is 11.8 Å². The number of rotatable bonds is 6. The minimum absolute atomic E-state index is 0.0429. The van der Waals surface area contributed by atoms with Crippen LogP contribution in [0.3, 0.4) is 0 Å². The molecule has 0 aliphatic heterocycles. The van der Waals surface area contributed by atoms with Gasteiger partial charge >= 0.3 is 6.18 Å². The summed E-state index contributed by atoms with van der Waals surface area (Å²) < 4.78 is 38.6. The van der Waals surface area contributed by atoms with E-state index in [4.69, 9.17) is 11.6 Å². The van der Waals surface area contributed by atoms with Crippen molar-refractivity contribution in [1.82, 2.24) is 10.2 Å². The van der Waals surface area contributed by atoms with Crippen LogP contribution in [0.25, 0.3) is 0 Å². The number of alkyl halides is 3.